The maximum absolute atomic E-state index is 11.9. The van der Waals surface area contributed by atoms with Crippen molar-refractivity contribution in [1.82, 2.24) is 15.4 Å². The van der Waals surface area contributed by atoms with Crippen molar-refractivity contribution in [3.05, 3.63) is 53.6 Å². The number of amides is 1. The van der Waals surface area contributed by atoms with Gasteiger partial charge < -0.3 is 5.11 Å². The van der Waals surface area contributed by atoms with Gasteiger partial charge in [-0.05, 0) is 26.0 Å². The summed E-state index contributed by atoms with van der Waals surface area (Å²) in [6, 6.07) is 6.27. The van der Waals surface area contributed by atoms with Gasteiger partial charge in [0.2, 0.25) is 0 Å². The summed E-state index contributed by atoms with van der Waals surface area (Å²) in [5.41, 5.74) is 4.44. The summed E-state index contributed by atoms with van der Waals surface area (Å²) in [4.78, 5) is 20.1. The molecule has 0 saturated carbocycles. The number of carbonyl (C=O) groups excluding carboxylic acids is 1. The lowest BCUT2D eigenvalue weighted by Crippen LogP contribution is -2.20. The van der Waals surface area contributed by atoms with E-state index in [0.29, 0.717) is 11.4 Å². The molecular weight excluding hydrogens is 256 g/mol. The first kappa shape index (κ1) is 13.7. The maximum atomic E-state index is 11.9. The first-order chi connectivity index (χ1) is 9.59. The second-order valence-electron chi connectivity index (χ2n) is 4.15. The van der Waals surface area contributed by atoms with Gasteiger partial charge in [0.05, 0.1) is 17.0 Å². The van der Waals surface area contributed by atoms with Crippen molar-refractivity contribution < 1.29 is 9.90 Å². The number of nitrogens with one attached hydrogen (secondary N) is 1. The third-order valence-corrected chi connectivity index (χ3v) is 2.70. The summed E-state index contributed by atoms with van der Waals surface area (Å²) >= 11 is 0. The fraction of sp³-hybridized carbons (Fsp3) is 0.143. The van der Waals surface area contributed by atoms with E-state index in [-0.39, 0.29) is 11.3 Å². The minimum atomic E-state index is -0.482. The van der Waals surface area contributed by atoms with Crippen LogP contribution in [0.15, 0.2) is 41.8 Å². The number of rotatable bonds is 3. The molecule has 6 heteroatoms. The Morgan fingerprint density at radius 1 is 1.25 bits per heavy atom. The first-order valence-electron chi connectivity index (χ1n) is 6.00. The maximum Gasteiger partial charge on any atom is 0.275 e. The van der Waals surface area contributed by atoms with Gasteiger partial charge in [-0.1, -0.05) is 12.1 Å². The Bertz CT molecular complexity index is 668. The lowest BCUT2D eigenvalue weighted by Gasteiger charge is -2.05. The highest BCUT2D eigenvalue weighted by Gasteiger charge is 2.10. The van der Waals surface area contributed by atoms with Crippen molar-refractivity contribution in [2.24, 2.45) is 5.10 Å². The summed E-state index contributed by atoms with van der Waals surface area (Å²) in [6.07, 6.45) is 3.15. The highest BCUT2D eigenvalue weighted by atomic mass is 16.3. The average Bonchev–Trinajstić information content (AvgIpc) is 2.45. The van der Waals surface area contributed by atoms with Crippen LogP contribution in [0.25, 0.3) is 0 Å². The van der Waals surface area contributed by atoms with Crippen LogP contribution in [0.2, 0.25) is 0 Å². The predicted molar refractivity (Wildman–Crippen MR) is 74.6 cm³/mol. The number of hydrazone groups is 1. The molecule has 0 spiro atoms. The molecule has 1 aromatic carbocycles. The minimum absolute atomic E-state index is 0.0893. The second kappa shape index (κ2) is 5.92. The molecule has 102 valence electrons. The smallest absolute Gasteiger partial charge is 0.275 e. The molecule has 0 radical (unpaired) electrons. The van der Waals surface area contributed by atoms with Crippen molar-refractivity contribution in [3.8, 4) is 5.75 Å². The molecule has 20 heavy (non-hydrogen) atoms. The van der Waals surface area contributed by atoms with E-state index >= 15 is 0 Å². The van der Waals surface area contributed by atoms with E-state index in [2.05, 4.69) is 20.5 Å². The number of hydrogen-bond donors (Lipinski definition) is 2. The number of para-hydroxylation sites is 1. The number of carbonyl (C=O) groups is 1. The van der Waals surface area contributed by atoms with Gasteiger partial charge >= 0.3 is 0 Å². The summed E-state index contributed by atoms with van der Waals surface area (Å²) in [7, 11) is 0. The van der Waals surface area contributed by atoms with Crippen molar-refractivity contribution in [2.45, 2.75) is 13.8 Å². The van der Waals surface area contributed by atoms with Crippen LogP contribution in [0, 0.1) is 6.92 Å². The SMILES string of the molecule is CC(=NNC(=O)c1ccccc1O)c1nccnc1C. The monoisotopic (exact) mass is 270 g/mol. The Morgan fingerprint density at radius 3 is 2.65 bits per heavy atom. The molecule has 0 aliphatic carbocycles. The Balaban J connectivity index is 2.16. The van der Waals surface area contributed by atoms with Crippen molar-refractivity contribution >= 4 is 11.6 Å². The number of aryl methyl sites for hydroxylation is 1. The number of hydrogen-bond acceptors (Lipinski definition) is 5. The van der Waals surface area contributed by atoms with Crippen LogP contribution >= 0.6 is 0 Å². The van der Waals surface area contributed by atoms with E-state index in [1.165, 1.54) is 12.1 Å². The number of aromatic hydroxyl groups is 1. The Hall–Kier alpha value is -2.76. The number of nitrogens with zero attached hydrogens (tertiary/aromatic N) is 3. The zero-order chi connectivity index (χ0) is 14.5. The molecule has 0 saturated heterocycles. The van der Waals surface area contributed by atoms with E-state index < -0.39 is 5.91 Å². The number of aromatic nitrogens is 2. The molecular formula is C14H14N4O2. The molecule has 2 N–H and O–H groups in total. The lowest BCUT2D eigenvalue weighted by molar-refractivity contribution is 0.0952. The normalized spacial score (nSPS) is 11.2. The molecule has 1 heterocycles. The van der Waals surface area contributed by atoms with Gasteiger partial charge in [0.15, 0.2) is 0 Å². The third-order valence-electron chi connectivity index (χ3n) is 2.70. The predicted octanol–water partition coefficient (Wildman–Crippen LogP) is 1.64. The number of benzene rings is 1. The molecule has 1 amide bonds. The molecule has 0 aliphatic heterocycles. The van der Waals surface area contributed by atoms with Gasteiger partial charge in [0.1, 0.15) is 11.4 Å². The largest absolute Gasteiger partial charge is 0.507 e. The van der Waals surface area contributed by atoms with Crippen molar-refractivity contribution in [1.29, 1.82) is 0 Å². The molecule has 0 atom stereocenters. The first-order valence-corrected chi connectivity index (χ1v) is 6.00. The molecule has 0 unspecified atom stereocenters. The standard InChI is InChI=1S/C14H14N4O2/c1-9-13(16-8-7-15-9)10(2)17-18-14(20)11-5-3-4-6-12(11)19/h3-8,19H,1-2H3,(H,18,20). The van der Waals surface area contributed by atoms with Crippen LogP contribution in [-0.4, -0.2) is 26.7 Å². The molecule has 2 rings (SSSR count). The van der Waals surface area contributed by atoms with Crippen LogP contribution in [0.1, 0.15) is 28.7 Å². The molecule has 0 fully saturated rings. The van der Waals surface area contributed by atoms with E-state index in [0.717, 1.165) is 5.69 Å². The molecule has 0 aliphatic rings. The zero-order valence-corrected chi connectivity index (χ0v) is 11.2. The third kappa shape index (κ3) is 2.97. The van der Waals surface area contributed by atoms with Crippen LogP contribution in [0.3, 0.4) is 0 Å². The van der Waals surface area contributed by atoms with Gasteiger partial charge in [0, 0.05) is 12.4 Å². The average molecular weight is 270 g/mol. The number of phenolic OH excluding ortho intramolecular Hbond substituents is 1. The molecule has 1 aromatic heterocycles. The Labute approximate surface area is 116 Å². The van der Waals surface area contributed by atoms with Crippen molar-refractivity contribution in [2.75, 3.05) is 0 Å². The van der Waals surface area contributed by atoms with Gasteiger partial charge in [-0.2, -0.15) is 5.10 Å². The summed E-state index contributed by atoms with van der Waals surface area (Å²) in [6.45, 7) is 3.54. The summed E-state index contributed by atoms with van der Waals surface area (Å²) in [5, 5.41) is 13.6. The van der Waals surface area contributed by atoms with E-state index in [1.807, 2.05) is 6.92 Å². The quantitative estimate of drug-likeness (QED) is 0.655. The van der Waals surface area contributed by atoms with Crippen LogP contribution in [0.4, 0.5) is 0 Å². The molecule has 6 nitrogen and oxygen atoms in total. The van der Waals surface area contributed by atoms with E-state index in [4.69, 9.17) is 0 Å². The summed E-state index contributed by atoms with van der Waals surface area (Å²) in [5.74, 6) is -0.572. The Morgan fingerprint density at radius 2 is 1.95 bits per heavy atom. The van der Waals surface area contributed by atoms with E-state index in [9.17, 15) is 9.90 Å². The molecule has 0 bridgehead atoms. The van der Waals surface area contributed by atoms with Gasteiger partial charge in [-0.3, -0.25) is 14.8 Å². The van der Waals surface area contributed by atoms with Crippen molar-refractivity contribution in [3.63, 3.8) is 0 Å². The summed E-state index contributed by atoms with van der Waals surface area (Å²) < 4.78 is 0. The van der Waals surface area contributed by atoms with Gasteiger partial charge in [-0.25, -0.2) is 5.43 Å². The van der Waals surface area contributed by atoms with E-state index in [1.54, 1.807) is 31.5 Å². The topological polar surface area (TPSA) is 87.5 Å². The highest BCUT2D eigenvalue weighted by molar-refractivity contribution is 6.01. The molecule has 2 aromatic rings. The van der Waals surface area contributed by atoms with Gasteiger partial charge in [-0.15, -0.1) is 0 Å². The fourth-order valence-electron chi connectivity index (χ4n) is 1.68. The van der Waals surface area contributed by atoms with Crippen LogP contribution in [0.5, 0.6) is 5.75 Å². The highest BCUT2D eigenvalue weighted by Crippen LogP contribution is 2.15. The van der Waals surface area contributed by atoms with Crippen LogP contribution in [-0.2, 0) is 0 Å². The zero-order valence-electron chi connectivity index (χ0n) is 11.2. The Kier molecular flexibility index (Phi) is 4.05. The second-order valence-corrected chi connectivity index (χ2v) is 4.15. The minimum Gasteiger partial charge on any atom is -0.507 e. The fourth-order valence-corrected chi connectivity index (χ4v) is 1.68. The number of phenols is 1. The van der Waals surface area contributed by atoms with Gasteiger partial charge in [0.25, 0.3) is 5.91 Å². The van der Waals surface area contributed by atoms with Crippen LogP contribution < -0.4 is 5.43 Å². The lowest BCUT2D eigenvalue weighted by atomic mass is 10.2.